The third kappa shape index (κ3) is 11.6. The molecule has 0 radical (unpaired) electrons. The maximum Gasteiger partial charge on any atom is 0.315 e. The van der Waals surface area contributed by atoms with E-state index in [2.05, 4.69) is 17.6 Å². The molecule has 112 valence electrons. The minimum atomic E-state index is -0.886. The number of unbranched alkanes of at least 4 members (excludes halogenated alkanes) is 5. The molecule has 19 heavy (non-hydrogen) atoms. The maximum absolute atomic E-state index is 11.5. The van der Waals surface area contributed by atoms with Crippen LogP contribution in [0.2, 0.25) is 0 Å². The zero-order valence-corrected chi connectivity index (χ0v) is 12.2. The third-order valence-electron chi connectivity index (χ3n) is 3.06. The van der Waals surface area contributed by atoms with E-state index in [4.69, 9.17) is 5.11 Å². The summed E-state index contributed by atoms with van der Waals surface area (Å²) >= 11 is 0. The molecule has 0 aromatic heterocycles. The third-order valence-corrected chi connectivity index (χ3v) is 3.06. The van der Waals surface area contributed by atoms with Crippen LogP contribution in [-0.2, 0) is 4.79 Å². The van der Waals surface area contributed by atoms with E-state index in [1.165, 1.54) is 25.7 Å². The monoisotopic (exact) mass is 272 g/mol. The highest BCUT2D eigenvalue weighted by molar-refractivity contribution is 5.75. The van der Waals surface area contributed by atoms with E-state index < -0.39 is 5.97 Å². The molecule has 0 fully saturated rings. The van der Waals surface area contributed by atoms with Crippen LogP contribution in [0.15, 0.2) is 0 Å². The van der Waals surface area contributed by atoms with Gasteiger partial charge in [-0.1, -0.05) is 46.0 Å². The predicted molar refractivity (Wildman–Crippen MR) is 76.2 cm³/mol. The Bertz CT molecular complexity index is 257. The molecular weight excluding hydrogens is 244 g/mol. The Morgan fingerprint density at radius 1 is 1.05 bits per heavy atom. The quantitative estimate of drug-likeness (QED) is 0.506. The molecule has 0 aliphatic rings. The molecule has 1 unspecified atom stereocenters. The summed E-state index contributed by atoms with van der Waals surface area (Å²) in [5.74, 6) is -0.886. The van der Waals surface area contributed by atoms with Gasteiger partial charge in [0.1, 0.15) is 0 Å². The fourth-order valence-electron chi connectivity index (χ4n) is 1.85. The maximum atomic E-state index is 11.5. The van der Waals surface area contributed by atoms with Gasteiger partial charge in [0, 0.05) is 12.6 Å². The lowest BCUT2D eigenvalue weighted by molar-refractivity contribution is -0.137. The summed E-state index contributed by atoms with van der Waals surface area (Å²) in [6.45, 7) is 4.70. The number of amides is 2. The summed E-state index contributed by atoms with van der Waals surface area (Å²) in [7, 11) is 0. The number of nitrogens with one attached hydrogen (secondary N) is 2. The average Bonchev–Trinajstić information content (AvgIpc) is 2.36. The van der Waals surface area contributed by atoms with Crippen molar-refractivity contribution in [2.24, 2.45) is 0 Å². The lowest BCUT2D eigenvalue weighted by Crippen LogP contribution is -2.43. The van der Waals surface area contributed by atoms with Crippen molar-refractivity contribution in [3.8, 4) is 0 Å². The Balaban J connectivity index is 3.54. The number of hydrogen-bond acceptors (Lipinski definition) is 2. The molecule has 0 heterocycles. The second kappa shape index (κ2) is 11.8. The van der Waals surface area contributed by atoms with Crippen LogP contribution in [-0.4, -0.2) is 29.7 Å². The first-order valence-electron chi connectivity index (χ1n) is 7.36. The van der Waals surface area contributed by atoms with Gasteiger partial charge in [-0.2, -0.15) is 0 Å². The lowest BCUT2D eigenvalue weighted by atomic mass is 10.1. The molecule has 0 saturated heterocycles. The first kappa shape index (κ1) is 17.7. The molecule has 2 amide bonds. The van der Waals surface area contributed by atoms with Crippen LogP contribution < -0.4 is 10.6 Å². The highest BCUT2D eigenvalue weighted by atomic mass is 16.4. The molecule has 0 aliphatic heterocycles. The number of hydrogen-bond donors (Lipinski definition) is 3. The molecule has 5 heteroatoms. The van der Waals surface area contributed by atoms with Gasteiger partial charge in [0.15, 0.2) is 0 Å². The Morgan fingerprint density at radius 2 is 1.68 bits per heavy atom. The number of carboxylic acids is 1. The number of urea groups is 1. The first-order valence-corrected chi connectivity index (χ1v) is 7.36. The van der Waals surface area contributed by atoms with Crippen molar-refractivity contribution in [1.82, 2.24) is 10.6 Å². The van der Waals surface area contributed by atoms with E-state index in [1.807, 2.05) is 6.92 Å². The van der Waals surface area contributed by atoms with Gasteiger partial charge in [0.25, 0.3) is 0 Å². The van der Waals surface area contributed by atoms with Crippen LogP contribution in [0.5, 0.6) is 0 Å². The zero-order chi connectivity index (χ0) is 14.5. The van der Waals surface area contributed by atoms with Gasteiger partial charge < -0.3 is 15.7 Å². The van der Waals surface area contributed by atoms with Gasteiger partial charge in [-0.3, -0.25) is 4.79 Å². The molecule has 0 aliphatic carbocycles. The fraction of sp³-hybridized carbons (Fsp3) is 0.857. The number of carboxylic acid groups (broad SMARTS) is 1. The van der Waals surface area contributed by atoms with Gasteiger partial charge in [-0.05, 0) is 12.8 Å². The topological polar surface area (TPSA) is 78.4 Å². The molecule has 0 saturated carbocycles. The number of rotatable bonds is 11. The van der Waals surface area contributed by atoms with Crippen molar-refractivity contribution in [3.05, 3.63) is 0 Å². The largest absolute Gasteiger partial charge is 0.481 e. The van der Waals surface area contributed by atoms with Gasteiger partial charge in [-0.25, -0.2) is 4.79 Å². The van der Waals surface area contributed by atoms with E-state index in [-0.39, 0.29) is 18.5 Å². The fourth-order valence-corrected chi connectivity index (χ4v) is 1.85. The Hall–Kier alpha value is -1.26. The molecule has 3 N–H and O–H groups in total. The van der Waals surface area contributed by atoms with Gasteiger partial charge in [0.2, 0.25) is 0 Å². The van der Waals surface area contributed by atoms with Crippen molar-refractivity contribution in [3.63, 3.8) is 0 Å². The number of aliphatic carboxylic acids is 1. The average molecular weight is 272 g/mol. The van der Waals surface area contributed by atoms with E-state index >= 15 is 0 Å². The SMILES string of the molecule is CCCCCCCCNC(=O)NC(CC)CC(=O)O. The van der Waals surface area contributed by atoms with Crippen LogP contribution in [0.3, 0.4) is 0 Å². The summed E-state index contributed by atoms with van der Waals surface area (Å²) in [6.07, 6.45) is 7.70. The van der Waals surface area contributed by atoms with Crippen LogP contribution in [0.25, 0.3) is 0 Å². The highest BCUT2D eigenvalue weighted by Gasteiger charge is 2.13. The lowest BCUT2D eigenvalue weighted by Gasteiger charge is -2.15. The smallest absolute Gasteiger partial charge is 0.315 e. The van der Waals surface area contributed by atoms with Gasteiger partial charge in [-0.15, -0.1) is 0 Å². The Kier molecular flexibility index (Phi) is 11.0. The predicted octanol–water partition coefficient (Wildman–Crippen LogP) is 2.90. The normalized spacial score (nSPS) is 11.9. The minimum absolute atomic E-state index is 0.0268. The number of carbonyl (C=O) groups excluding carboxylic acids is 1. The molecule has 0 aromatic carbocycles. The summed E-state index contributed by atoms with van der Waals surface area (Å²) in [4.78, 5) is 22.1. The van der Waals surface area contributed by atoms with Crippen molar-refractivity contribution in [2.45, 2.75) is 71.3 Å². The van der Waals surface area contributed by atoms with Crippen molar-refractivity contribution >= 4 is 12.0 Å². The second-order valence-corrected chi connectivity index (χ2v) is 4.87. The zero-order valence-electron chi connectivity index (χ0n) is 12.2. The summed E-state index contributed by atoms with van der Waals surface area (Å²) < 4.78 is 0. The molecule has 1 atom stereocenters. The van der Waals surface area contributed by atoms with Crippen LogP contribution in [0.1, 0.15) is 65.2 Å². The number of carbonyl (C=O) groups is 2. The summed E-state index contributed by atoms with van der Waals surface area (Å²) in [5.41, 5.74) is 0. The highest BCUT2D eigenvalue weighted by Crippen LogP contribution is 2.04. The minimum Gasteiger partial charge on any atom is -0.481 e. The molecule has 5 nitrogen and oxygen atoms in total. The van der Waals surface area contributed by atoms with E-state index in [1.54, 1.807) is 0 Å². The second-order valence-electron chi connectivity index (χ2n) is 4.87. The van der Waals surface area contributed by atoms with Crippen molar-refractivity contribution in [1.29, 1.82) is 0 Å². The van der Waals surface area contributed by atoms with Gasteiger partial charge >= 0.3 is 12.0 Å². The molecule has 0 spiro atoms. The van der Waals surface area contributed by atoms with Crippen LogP contribution in [0, 0.1) is 0 Å². The van der Waals surface area contributed by atoms with Crippen molar-refractivity contribution < 1.29 is 14.7 Å². The Morgan fingerprint density at radius 3 is 2.26 bits per heavy atom. The van der Waals surface area contributed by atoms with E-state index in [0.29, 0.717) is 13.0 Å². The molecular formula is C14H28N2O3. The van der Waals surface area contributed by atoms with E-state index in [9.17, 15) is 9.59 Å². The summed E-state index contributed by atoms with van der Waals surface area (Å²) in [5, 5.41) is 14.1. The molecule has 0 rings (SSSR count). The Labute approximate surface area is 116 Å². The van der Waals surface area contributed by atoms with Crippen LogP contribution in [0.4, 0.5) is 4.79 Å². The summed E-state index contributed by atoms with van der Waals surface area (Å²) in [6, 6.07) is -0.552. The first-order chi connectivity index (χ1) is 9.10. The standard InChI is InChI=1S/C14H28N2O3/c1-3-5-6-7-8-9-10-15-14(19)16-12(4-2)11-13(17)18/h12H,3-11H2,1-2H3,(H,17,18)(H2,15,16,19). The van der Waals surface area contributed by atoms with Crippen LogP contribution >= 0.6 is 0 Å². The van der Waals surface area contributed by atoms with Gasteiger partial charge in [0.05, 0.1) is 6.42 Å². The molecule has 0 aromatic rings. The molecule has 0 bridgehead atoms. The van der Waals surface area contributed by atoms with E-state index in [0.717, 1.165) is 12.8 Å². The van der Waals surface area contributed by atoms with Crippen molar-refractivity contribution in [2.75, 3.05) is 6.54 Å².